The van der Waals surface area contributed by atoms with Gasteiger partial charge in [0.2, 0.25) is 5.91 Å². The highest BCUT2D eigenvalue weighted by Crippen LogP contribution is 2.44. The van der Waals surface area contributed by atoms with E-state index in [9.17, 15) is 14.4 Å². The standard InChI is InChI=1S/C27H32N2O5/c1-27(25(32)29(2)16-8-14-24(30)31)15-7-13-23(27)28-26(33)34-17-22-20-11-5-3-9-18(20)19-10-4-6-12-21(19)22/h3-6,9-12,22-23H,7-8,13-17H2,1-2H3,(H,28,33)(H,30,31). The quantitative estimate of drug-likeness (QED) is 0.603. The molecular weight excluding hydrogens is 432 g/mol. The molecule has 1 saturated carbocycles. The van der Waals surface area contributed by atoms with E-state index in [-0.39, 0.29) is 30.9 Å². The van der Waals surface area contributed by atoms with Crippen LogP contribution in [0.4, 0.5) is 4.79 Å². The molecule has 2 aromatic rings. The van der Waals surface area contributed by atoms with Crippen molar-refractivity contribution in [2.45, 2.75) is 51.0 Å². The molecule has 0 radical (unpaired) electrons. The van der Waals surface area contributed by atoms with Gasteiger partial charge < -0.3 is 20.1 Å². The lowest BCUT2D eigenvalue weighted by molar-refractivity contribution is -0.142. The maximum Gasteiger partial charge on any atom is 0.407 e. The molecule has 0 bridgehead atoms. The predicted octanol–water partition coefficient (Wildman–Crippen LogP) is 4.41. The molecule has 1 fully saturated rings. The maximum atomic E-state index is 13.2. The summed E-state index contributed by atoms with van der Waals surface area (Å²) in [6, 6.07) is 16.1. The number of fused-ring (bicyclic) bond motifs is 3. The zero-order valence-electron chi connectivity index (χ0n) is 19.8. The maximum absolute atomic E-state index is 13.2. The Morgan fingerprint density at radius 1 is 1.09 bits per heavy atom. The summed E-state index contributed by atoms with van der Waals surface area (Å²) in [5.41, 5.74) is 3.92. The number of rotatable bonds is 8. The average Bonchev–Trinajstić information content (AvgIpc) is 3.35. The molecule has 2 aromatic carbocycles. The van der Waals surface area contributed by atoms with Crippen molar-refractivity contribution in [1.29, 1.82) is 0 Å². The number of carbonyl (C=O) groups is 3. The van der Waals surface area contributed by atoms with Crippen LogP contribution in [0.2, 0.25) is 0 Å². The third-order valence-electron chi connectivity index (χ3n) is 7.31. The first kappa shape index (κ1) is 23.8. The lowest BCUT2D eigenvalue weighted by atomic mass is 9.83. The van der Waals surface area contributed by atoms with Crippen LogP contribution in [0.25, 0.3) is 11.1 Å². The number of carboxylic acid groups (broad SMARTS) is 1. The Balaban J connectivity index is 1.37. The summed E-state index contributed by atoms with van der Waals surface area (Å²) in [5.74, 6) is -0.961. The number of benzene rings is 2. The van der Waals surface area contributed by atoms with Crippen LogP contribution in [0, 0.1) is 5.41 Å². The zero-order chi connectivity index (χ0) is 24.3. The number of carbonyl (C=O) groups excluding carboxylic acids is 2. The second-order valence-corrected chi connectivity index (χ2v) is 9.56. The molecule has 2 aliphatic rings. The summed E-state index contributed by atoms with van der Waals surface area (Å²) >= 11 is 0. The third kappa shape index (κ3) is 4.65. The molecule has 4 rings (SSSR count). The van der Waals surface area contributed by atoms with Crippen molar-refractivity contribution < 1.29 is 24.2 Å². The van der Waals surface area contributed by atoms with Crippen molar-refractivity contribution in [1.82, 2.24) is 10.2 Å². The molecule has 2 aliphatic carbocycles. The van der Waals surface area contributed by atoms with Crippen molar-refractivity contribution in [3.8, 4) is 11.1 Å². The minimum Gasteiger partial charge on any atom is -0.481 e. The molecule has 7 nitrogen and oxygen atoms in total. The van der Waals surface area contributed by atoms with Gasteiger partial charge in [-0.15, -0.1) is 0 Å². The topological polar surface area (TPSA) is 95.9 Å². The van der Waals surface area contributed by atoms with Crippen molar-refractivity contribution in [2.75, 3.05) is 20.2 Å². The van der Waals surface area contributed by atoms with Gasteiger partial charge in [-0.1, -0.05) is 55.0 Å². The highest BCUT2D eigenvalue weighted by Gasteiger charge is 2.47. The average molecular weight is 465 g/mol. The number of nitrogens with zero attached hydrogens (tertiary/aromatic N) is 1. The van der Waals surface area contributed by atoms with E-state index in [2.05, 4.69) is 29.6 Å². The first-order valence-electron chi connectivity index (χ1n) is 11.9. The van der Waals surface area contributed by atoms with Gasteiger partial charge in [-0.25, -0.2) is 4.79 Å². The van der Waals surface area contributed by atoms with Crippen molar-refractivity contribution >= 4 is 18.0 Å². The number of ether oxygens (including phenoxy) is 1. The molecule has 180 valence electrons. The third-order valence-corrected chi connectivity index (χ3v) is 7.31. The lowest BCUT2D eigenvalue weighted by Crippen LogP contribution is -2.51. The molecule has 2 N–H and O–H groups in total. The highest BCUT2D eigenvalue weighted by molar-refractivity contribution is 5.84. The van der Waals surface area contributed by atoms with Gasteiger partial charge in [-0.3, -0.25) is 9.59 Å². The van der Waals surface area contributed by atoms with Crippen LogP contribution in [0.3, 0.4) is 0 Å². The van der Waals surface area contributed by atoms with Crippen LogP contribution in [-0.4, -0.2) is 54.2 Å². The van der Waals surface area contributed by atoms with Gasteiger partial charge >= 0.3 is 12.1 Å². The molecule has 34 heavy (non-hydrogen) atoms. The normalized spacial score (nSPS) is 20.9. The van der Waals surface area contributed by atoms with Crippen molar-refractivity contribution in [2.24, 2.45) is 5.41 Å². The van der Waals surface area contributed by atoms with Gasteiger partial charge in [0, 0.05) is 32.0 Å². The van der Waals surface area contributed by atoms with Crippen LogP contribution in [0.5, 0.6) is 0 Å². The van der Waals surface area contributed by atoms with E-state index >= 15 is 0 Å². The summed E-state index contributed by atoms with van der Waals surface area (Å²) in [4.78, 5) is 38.3. The second kappa shape index (κ2) is 9.87. The van der Waals surface area contributed by atoms with Crippen molar-refractivity contribution in [3.63, 3.8) is 0 Å². The molecule has 0 spiro atoms. The molecule has 2 amide bonds. The van der Waals surface area contributed by atoms with Gasteiger partial charge in [0.15, 0.2) is 0 Å². The molecule has 0 saturated heterocycles. The number of alkyl carbamates (subject to hydrolysis) is 1. The minimum absolute atomic E-state index is 0.0184. The SMILES string of the molecule is CN(CCCC(=O)O)C(=O)C1(C)CCCC1NC(=O)OCC1c2ccccc2-c2ccccc21. The Labute approximate surface area is 200 Å². The van der Waals surface area contributed by atoms with Crippen molar-refractivity contribution in [3.05, 3.63) is 59.7 Å². The fourth-order valence-electron chi connectivity index (χ4n) is 5.44. The second-order valence-electron chi connectivity index (χ2n) is 9.56. The first-order valence-corrected chi connectivity index (χ1v) is 11.9. The van der Waals surface area contributed by atoms with Crippen LogP contribution < -0.4 is 5.32 Å². The van der Waals surface area contributed by atoms with Gasteiger partial charge in [-0.05, 0) is 48.4 Å². The van der Waals surface area contributed by atoms with E-state index in [1.54, 1.807) is 11.9 Å². The molecule has 2 atom stereocenters. The molecule has 0 heterocycles. The van der Waals surface area contributed by atoms with E-state index in [0.717, 1.165) is 17.5 Å². The Kier molecular flexibility index (Phi) is 6.91. The van der Waals surface area contributed by atoms with Gasteiger partial charge in [0.1, 0.15) is 6.61 Å². The predicted molar refractivity (Wildman–Crippen MR) is 128 cm³/mol. The van der Waals surface area contributed by atoms with E-state index in [1.165, 1.54) is 11.1 Å². The first-order chi connectivity index (χ1) is 16.3. The number of amides is 2. The largest absolute Gasteiger partial charge is 0.481 e. The molecule has 2 unspecified atom stereocenters. The Hall–Kier alpha value is -3.35. The summed E-state index contributed by atoms with van der Waals surface area (Å²) in [6.45, 7) is 2.48. The van der Waals surface area contributed by atoms with Gasteiger partial charge in [0.05, 0.1) is 5.41 Å². The highest BCUT2D eigenvalue weighted by atomic mass is 16.5. The van der Waals surface area contributed by atoms with Crippen LogP contribution >= 0.6 is 0 Å². The number of aliphatic carboxylic acids is 1. The summed E-state index contributed by atoms with van der Waals surface area (Å²) in [5, 5.41) is 11.8. The van der Waals surface area contributed by atoms with Crippen LogP contribution in [-0.2, 0) is 14.3 Å². The van der Waals surface area contributed by atoms with E-state index < -0.39 is 17.5 Å². The molecular formula is C27H32N2O5. The fraction of sp³-hybridized carbons (Fsp3) is 0.444. The molecule has 0 aromatic heterocycles. The molecule has 7 heteroatoms. The molecule has 0 aliphatic heterocycles. The Morgan fingerprint density at radius 2 is 1.71 bits per heavy atom. The monoisotopic (exact) mass is 464 g/mol. The smallest absolute Gasteiger partial charge is 0.407 e. The van der Waals surface area contributed by atoms with Gasteiger partial charge in [0.25, 0.3) is 0 Å². The van der Waals surface area contributed by atoms with Crippen LogP contribution in [0.1, 0.15) is 56.1 Å². The minimum atomic E-state index is -0.872. The van der Waals surface area contributed by atoms with E-state index in [4.69, 9.17) is 9.84 Å². The van der Waals surface area contributed by atoms with Crippen LogP contribution in [0.15, 0.2) is 48.5 Å². The van der Waals surface area contributed by atoms with E-state index in [0.29, 0.717) is 25.8 Å². The van der Waals surface area contributed by atoms with E-state index in [1.807, 2.05) is 31.2 Å². The lowest BCUT2D eigenvalue weighted by Gasteiger charge is -2.34. The summed E-state index contributed by atoms with van der Waals surface area (Å²) < 4.78 is 5.69. The zero-order valence-corrected chi connectivity index (χ0v) is 19.8. The Morgan fingerprint density at radius 3 is 2.32 bits per heavy atom. The summed E-state index contributed by atoms with van der Waals surface area (Å²) in [7, 11) is 1.69. The number of nitrogens with one attached hydrogen (secondary N) is 1. The number of hydrogen-bond acceptors (Lipinski definition) is 4. The Bertz CT molecular complexity index is 1040. The fourth-order valence-corrected chi connectivity index (χ4v) is 5.44. The summed E-state index contributed by atoms with van der Waals surface area (Å²) in [6.07, 6.45) is 2.12. The number of carboxylic acids is 1. The van der Waals surface area contributed by atoms with Gasteiger partial charge in [-0.2, -0.15) is 0 Å². The number of hydrogen-bond donors (Lipinski definition) is 2.